The zero-order chi connectivity index (χ0) is 16.7. The van der Waals surface area contributed by atoms with Crippen LogP contribution >= 0.6 is 0 Å². The molecule has 6 heteroatoms. The molecule has 1 atom stereocenters. The number of amides is 1. The van der Waals surface area contributed by atoms with Gasteiger partial charge in [0.05, 0.1) is 24.9 Å². The largest absolute Gasteiger partial charge is 0.377 e. The Hall–Kier alpha value is -2.21. The molecule has 1 aromatic carbocycles. The van der Waals surface area contributed by atoms with Crippen molar-refractivity contribution in [3.05, 3.63) is 47.0 Å². The van der Waals surface area contributed by atoms with E-state index in [-0.39, 0.29) is 17.8 Å². The van der Waals surface area contributed by atoms with Gasteiger partial charge in [-0.15, -0.1) is 0 Å². The summed E-state index contributed by atoms with van der Waals surface area (Å²) in [6, 6.07) is 6.30. The monoisotopic (exact) mass is 329 g/mol. The lowest BCUT2D eigenvalue weighted by Crippen LogP contribution is -2.47. The first kappa shape index (κ1) is 15.3. The summed E-state index contributed by atoms with van der Waals surface area (Å²) in [4.78, 5) is 14.8. The van der Waals surface area contributed by atoms with E-state index in [0.717, 1.165) is 36.2 Å². The van der Waals surface area contributed by atoms with Crippen LogP contribution in [0.5, 0.6) is 0 Å². The summed E-state index contributed by atoms with van der Waals surface area (Å²) < 4.78 is 20.4. The van der Waals surface area contributed by atoms with Gasteiger partial charge in [-0.25, -0.2) is 9.07 Å². The van der Waals surface area contributed by atoms with E-state index in [1.165, 1.54) is 12.1 Å². The smallest absolute Gasteiger partial charge is 0.275 e. The predicted molar refractivity (Wildman–Crippen MR) is 86.9 cm³/mol. The van der Waals surface area contributed by atoms with E-state index < -0.39 is 0 Å². The fraction of sp³-hybridized carbons (Fsp3) is 0.444. The SMILES string of the molecule is C[C@@H]1COCCN1C(=O)c1nn(-c2ccc(F)cc2)c2c1CCC2. The number of halogens is 1. The minimum absolute atomic E-state index is 0.0233. The zero-order valence-corrected chi connectivity index (χ0v) is 13.7. The molecule has 1 aliphatic carbocycles. The molecule has 1 fully saturated rings. The van der Waals surface area contributed by atoms with E-state index in [1.807, 2.05) is 11.8 Å². The van der Waals surface area contributed by atoms with E-state index in [0.29, 0.717) is 25.5 Å². The summed E-state index contributed by atoms with van der Waals surface area (Å²) in [5.74, 6) is -0.300. The van der Waals surface area contributed by atoms with Gasteiger partial charge in [0.15, 0.2) is 5.69 Å². The van der Waals surface area contributed by atoms with Crippen LogP contribution in [0.4, 0.5) is 4.39 Å². The quantitative estimate of drug-likeness (QED) is 0.850. The number of hydrogen-bond donors (Lipinski definition) is 0. The average molecular weight is 329 g/mol. The fourth-order valence-electron chi connectivity index (χ4n) is 3.57. The standard InChI is InChI=1S/C18H20FN3O2/c1-12-11-24-10-9-21(12)18(23)17-15-3-2-4-16(15)22(20-17)14-7-5-13(19)6-8-14/h5-8,12H,2-4,9-11H2,1H3/t12-/m1/s1. The third kappa shape index (κ3) is 2.51. The highest BCUT2D eigenvalue weighted by Gasteiger charge is 2.32. The maximum atomic E-state index is 13.2. The van der Waals surface area contributed by atoms with Crippen molar-refractivity contribution in [1.29, 1.82) is 0 Å². The van der Waals surface area contributed by atoms with Crippen LogP contribution in [-0.2, 0) is 17.6 Å². The van der Waals surface area contributed by atoms with Crippen molar-refractivity contribution in [3.8, 4) is 5.69 Å². The van der Waals surface area contributed by atoms with Crippen LogP contribution in [0.3, 0.4) is 0 Å². The van der Waals surface area contributed by atoms with Gasteiger partial charge in [0.1, 0.15) is 5.82 Å². The number of ether oxygens (including phenoxy) is 1. The Labute approximate surface area is 140 Å². The fourth-order valence-corrected chi connectivity index (χ4v) is 3.57. The van der Waals surface area contributed by atoms with Crippen LogP contribution in [0.15, 0.2) is 24.3 Å². The molecule has 5 nitrogen and oxygen atoms in total. The third-order valence-corrected chi connectivity index (χ3v) is 4.83. The molecule has 0 bridgehead atoms. The Balaban J connectivity index is 1.73. The lowest BCUT2D eigenvalue weighted by molar-refractivity contribution is 0.00319. The Morgan fingerprint density at radius 1 is 1.29 bits per heavy atom. The average Bonchev–Trinajstić information content (AvgIpc) is 3.18. The normalized spacial score (nSPS) is 20.2. The van der Waals surface area contributed by atoms with Crippen LogP contribution in [0, 0.1) is 5.82 Å². The Morgan fingerprint density at radius 2 is 2.08 bits per heavy atom. The molecule has 0 saturated carbocycles. The molecule has 4 rings (SSSR count). The first-order valence-electron chi connectivity index (χ1n) is 8.40. The first-order valence-corrected chi connectivity index (χ1v) is 8.40. The van der Waals surface area contributed by atoms with Gasteiger partial charge in [-0.3, -0.25) is 4.79 Å². The number of carbonyl (C=O) groups excluding carboxylic acids is 1. The zero-order valence-electron chi connectivity index (χ0n) is 13.7. The first-order chi connectivity index (χ1) is 11.6. The molecule has 0 spiro atoms. The maximum absolute atomic E-state index is 13.2. The summed E-state index contributed by atoms with van der Waals surface area (Å²) in [6.45, 7) is 3.72. The van der Waals surface area contributed by atoms with Crippen molar-refractivity contribution in [1.82, 2.24) is 14.7 Å². The van der Waals surface area contributed by atoms with Crippen LogP contribution in [0.2, 0.25) is 0 Å². The highest BCUT2D eigenvalue weighted by atomic mass is 19.1. The summed E-state index contributed by atoms with van der Waals surface area (Å²) in [5.41, 5.74) is 3.46. The van der Waals surface area contributed by atoms with Gasteiger partial charge in [0.2, 0.25) is 0 Å². The van der Waals surface area contributed by atoms with Gasteiger partial charge >= 0.3 is 0 Å². The maximum Gasteiger partial charge on any atom is 0.275 e. The predicted octanol–water partition coefficient (Wildman–Crippen LogP) is 2.36. The molecular weight excluding hydrogens is 309 g/mol. The number of aromatic nitrogens is 2. The molecule has 0 unspecified atom stereocenters. The van der Waals surface area contributed by atoms with Crippen molar-refractivity contribution < 1.29 is 13.9 Å². The number of fused-ring (bicyclic) bond motifs is 1. The van der Waals surface area contributed by atoms with Gasteiger partial charge in [-0.2, -0.15) is 5.10 Å². The van der Waals surface area contributed by atoms with Crippen LogP contribution < -0.4 is 0 Å². The summed E-state index contributed by atoms with van der Waals surface area (Å²) in [6.07, 6.45) is 2.79. The molecule has 2 heterocycles. The lowest BCUT2D eigenvalue weighted by atomic mass is 10.1. The topological polar surface area (TPSA) is 47.4 Å². The Bertz CT molecular complexity index is 769. The second kappa shape index (κ2) is 6.02. The van der Waals surface area contributed by atoms with Crippen LogP contribution in [0.25, 0.3) is 5.69 Å². The van der Waals surface area contributed by atoms with Crippen molar-refractivity contribution in [2.24, 2.45) is 0 Å². The van der Waals surface area contributed by atoms with Crippen molar-refractivity contribution >= 4 is 5.91 Å². The number of morpholine rings is 1. The molecule has 0 radical (unpaired) electrons. The van der Waals surface area contributed by atoms with E-state index in [4.69, 9.17) is 4.74 Å². The molecule has 1 saturated heterocycles. The highest BCUT2D eigenvalue weighted by molar-refractivity contribution is 5.94. The van der Waals surface area contributed by atoms with E-state index in [9.17, 15) is 9.18 Å². The summed E-state index contributed by atoms with van der Waals surface area (Å²) in [7, 11) is 0. The molecule has 126 valence electrons. The third-order valence-electron chi connectivity index (χ3n) is 4.83. The van der Waals surface area contributed by atoms with Gasteiger partial charge in [-0.1, -0.05) is 0 Å². The van der Waals surface area contributed by atoms with Crippen molar-refractivity contribution in [3.63, 3.8) is 0 Å². The molecule has 2 aliphatic rings. The number of hydrogen-bond acceptors (Lipinski definition) is 3. The van der Waals surface area contributed by atoms with Crippen LogP contribution in [0.1, 0.15) is 35.1 Å². The van der Waals surface area contributed by atoms with Crippen molar-refractivity contribution in [2.75, 3.05) is 19.8 Å². The lowest BCUT2D eigenvalue weighted by Gasteiger charge is -2.32. The molecule has 1 aliphatic heterocycles. The van der Waals surface area contributed by atoms with Crippen LogP contribution in [-0.4, -0.2) is 46.4 Å². The van der Waals surface area contributed by atoms with E-state index in [1.54, 1.807) is 16.8 Å². The van der Waals surface area contributed by atoms with Gasteiger partial charge in [0, 0.05) is 17.8 Å². The summed E-state index contributed by atoms with van der Waals surface area (Å²) >= 11 is 0. The Kier molecular flexibility index (Phi) is 3.84. The minimum Gasteiger partial charge on any atom is -0.377 e. The van der Waals surface area contributed by atoms with Gasteiger partial charge in [0.25, 0.3) is 5.91 Å². The molecule has 2 aromatic rings. The molecule has 0 N–H and O–H groups in total. The highest BCUT2D eigenvalue weighted by Crippen LogP contribution is 2.29. The molecule has 1 amide bonds. The second-order valence-corrected chi connectivity index (χ2v) is 6.44. The van der Waals surface area contributed by atoms with Gasteiger partial charge < -0.3 is 9.64 Å². The van der Waals surface area contributed by atoms with Crippen molar-refractivity contribution in [2.45, 2.75) is 32.2 Å². The number of rotatable bonds is 2. The molecule has 24 heavy (non-hydrogen) atoms. The second-order valence-electron chi connectivity index (χ2n) is 6.44. The van der Waals surface area contributed by atoms with E-state index in [2.05, 4.69) is 5.10 Å². The molecule has 1 aromatic heterocycles. The Morgan fingerprint density at radius 3 is 2.83 bits per heavy atom. The number of nitrogens with zero attached hydrogens (tertiary/aromatic N) is 3. The molecular formula is C18H20FN3O2. The number of carbonyl (C=O) groups is 1. The minimum atomic E-state index is -0.277. The van der Waals surface area contributed by atoms with E-state index >= 15 is 0 Å². The summed E-state index contributed by atoms with van der Waals surface area (Å²) in [5, 5.41) is 4.60. The van der Waals surface area contributed by atoms with Gasteiger partial charge in [-0.05, 0) is 50.5 Å². The number of benzene rings is 1.